The molecule has 7 heteroatoms. The number of carbonyl (C=O) groups is 2. The van der Waals surface area contributed by atoms with E-state index in [1.54, 1.807) is 41.2 Å². The highest BCUT2D eigenvalue weighted by Gasteiger charge is 2.26. The van der Waals surface area contributed by atoms with Crippen LogP contribution in [0.1, 0.15) is 36.3 Å². The SMILES string of the molecule is CC[C@@H](C)N(CC(=O)N(CCOC)Cc1cccn1C)C(=O)c1cccc(Cl)c1. The van der Waals surface area contributed by atoms with Crippen LogP contribution in [0.4, 0.5) is 0 Å². The van der Waals surface area contributed by atoms with Gasteiger partial charge in [0.2, 0.25) is 5.91 Å². The quantitative estimate of drug-likeness (QED) is 0.591. The van der Waals surface area contributed by atoms with E-state index in [2.05, 4.69) is 0 Å². The molecule has 0 fully saturated rings. The first kappa shape index (κ1) is 23.0. The molecule has 29 heavy (non-hydrogen) atoms. The highest BCUT2D eigenvalue weighted by Crippen LogP contribution is 2.16. The average Bonchev–Trinajstić information content (AvgIpc) is 3.12. The molecule has 2 aromatic rings. The van der Waals surface area contributed by atoms with E-state index < -0.39 is 0 Å². The van der Waals surface area contributed by atoms with Gasteiger partial charge in [0.25, 0.3) is 5.91 Å². The molecule has 1 aromatic heterocycles. The second-order valence-electron chi connectivity index (χ2n) is 7.12. The zero-order valence-electron chi connectivity index (χ0n) is 17.6. The van der Waals surface area contributed by atoms with Crippen molar-refractivity contribution in [1.82, 2.24) is 14.4 Å². The Morgan fingerprint density at radius 3 is 2.59 bits per heavy atom. The third kappa shape index (κ3) is 6.34. The largest absolute Gasteiger partial charge is 0.383 e. The number of hydrogen-bond acceptors (Lipinski definition) is 3. The van der Waals surface area contributed by atoms with Crippen LogP contribution in [0.25, 0.3) is 0 Å². The van der Waals surface area contributed by atoms with Crippen molar-refractivity contribution in [2.24, 2.45) is 7.05 Å². The molecule has 0 aliphatic heterocycles. The third-order valence-electron chi connectivity index (χ3n) is 5.08. The molecule has 2 rings (SSSR count). The molecule has 0 aliphatic carbocycles. The van der Waals surface area contributed by atoms with Gasteiger partial charge < -0.3 is 19.1 Å². The van der Waals surface area contributed by atoms with E-state index in [4.69, 9.17) is 16.3 Å². The topological polar surface area (TPSA) is 54.8 Å². The van der Waals surface area contributed by atoms with Crippen LogP contribution in [0, 0.1) is 0 Å². The maximum Gasteiger partial charge on any atom is 0.254 e. The monoisotopic (exact) mass is 419 g/mol. The van der Waals surface area contributed by atoms with Crippen molar-refractivity contribution in [2.75, 3.05) is 26.8 Å². The van der Waals surface area contributed by atoms with E-state index in [1.807, 2.05) is 43.8 Å². The Bertz CT molecular complexity index is 821. The number of hydrogen-bond donors (Lipinski definition) is 0. The summed E-state index contributed by atoms with van der Waals surface area (Å²) in [5.74, 6) is -0.306. The fourth-order valence-electron chi connectivity index (χ4n) is 3.03. The highest BCUT2D eigenvalue weighted by atomic mass is 35.5. The number of halogens is 1. The van der Waals surface area contributed by atoms with Crippen molar-refractivity contribution in [2.45, 2.75) is 32.9 Å². The van der Waals surface area contributed by atoms with Crippen molar-refractivity contribution in [3.8, 4) is 0 Å². The minimum atomic E-state index is -0.194. The molecular weight excluding hydrogens is 390 g/mol. The van der Waals surface area contributed by atoms with Gasteiger partial charge in [-0.15, -0.1) is 0 Å². The molecule has 1 heterocycles. The van der Waals surface area contributed by atoms with Gasteiger partial charge in [-0.3, -0.25) is 9.59 Å². The van der Waals surface area contributed by atoms with Crippen molar-refractivity contribution >= 4 is 23.4 Å². The average molecular weight is 420 g/mol. The Kier molecular flexibility index (Phi) is 8.73. The zero-order valence-corrected chi connectivity index (χ0v) is 18.4. The summed E-state index contributed by atoms with van der Waals surface area (Å²) in [4.78, 5) is 29.6. The van der Waals surface area contributed by atoms with Gasteiger partial charge in [-0.2, -0.15) is 0 Å². The summed E-state index contributed by atoms with van der Waals surface area (Å²) in [7, 11) is 3.56. The molecule has 0 N–H and O–H groups in total. The first-order valence-corrected chi connectivity index (χ1v) is 10.2. The van der Waals surface area contributed by atoms with Crippen LogP contribution in [0.15, 0.2) is 42.6 Å². The molecule has 0 radical (unpaired) electrons. The van der Waals surface area contributed by atoms with Crippen LogP contribution in [0.5, 0.6) is 0 Å². The lowest BCUT2D eigenvalue weighted by Gasteiger charge is -2.31. The van der Waals surface area contributed by atoms with Gasteiger partial charge >= 0.3 is 0 Å². The van der Waals surface area contributed by atoms with Crippen molar-refractivity contribution in [1.29, 1.82) is 0 Å². The highest BCUT2D eigenvalue weighted by molar-refractivity contribution is 6.31. The minimum Gasteiger partial charge on any atom is -0.383 e. The molecule has 0 aliphatic rings. The maximum absolute atomic E-state index is 13.2. The van der Waals surface area contributed by atoms with E-state index in [9.17, 15) is 9.59 Å². The molecule has 0 saturated carbocycles. The Balaban J connectivity index is 2.20. The van der Waals surface area contributed by atoms with Crippen LogP contribution < -0.4 is 0 Å². The van der Waals surface area contributed by atoms with Crippen molar-refractivity contribution < 1.29 is 14.3 Å². The van der Waals surface area contributed by atoms with Crippen LogP contribution >= 0.6 is 11.6 Å². The lowest BCUT2D eigenvalue weighted by molar-refractivity contribution is -0.133. The first-order valence-electron chi connectivity index (χ1n) is 9.80. The molecule has 0 saturated heterocycles. The molecular formula is C22H30ClN3O3. The number of nitrogens with zero attached hydrogens (tertiary/aromatic N) is 3. The lowest BCUT2D eigenvalue weighted by atomic mass is 10.1. The molecule has 158 valence electrons. The van der Waals surface area contributed by atoms with Gasteiger partial charge in [-0.1, -0.05) is 24.6 Å². The van der Waals surface area contributed by atoms with E-state index in [-0.39, 0.29) is 24.4 Å². The number of aromatic nitrogens is 1. The second-order valence-corrected chi connectivity index (χ2v) is 7.56. The van der Waals surface area contributed by atoms with Crippen molar-refractivity contribution in [3.63, 3.8) is 0 Å². The number of carbonyl (C=O) groups excluding carboxylic acids is 2. The van der Waals surface area contributed by atoms with Gasteiger partial charge in [0.05, 0.1) is 13.2 Å². The van der Waals surface area contributed by atoms with Crippen LogP contribution in [-0.4, -0.2) is 59.0 Å². The predicted molar refractivity (Wildman–Crippen MR) is 115 cm³/mol. The van der Waals surface area contributed by atoms with Gasteiger partial charge in [0.1, 0.15) is 6.54 Å². The van der Waals surface area contributed by atoms with E-state index in [1.165, 1.54) is 0 Å². The molecule has 0 unspecified atom stereocenters. The molecule has 0 spiro atoms. The summed E-state index contributed by atoms with van der Waals surface area (Å²) < 4.78 is 7.16. The fourth-order valence-corrected chi connectivity index (χ4v) is 3.22. The number of amides is 2. The zero-order chi connectivity index (χ0) is 21.4. The van der Waals surface area contributed by atoms with Gasteiger partial charge in [-0.05, 0) is 43.7 Å². The summed E-state index contributed by atoms with van der Waals surface area (Å²) in [6.45, 7) is 5.31. The molecule has 6 nitrogen and oxygen atoms in total. The van der Waals surface area contributed by atoms with Gasteiger partial charge in [-0.25, -0.2) is 0 Å². The summed E-state index contributed by atoms with van der Waals surface area (Å²) in [5, 5.41) is 0.497. The predicted octanol–water partition coefficient (Wildman–Crippen LogP) is 3.59. The first-order chi connectivity index (χ1) is 13.9. The van der Waals surface area contributed by atoms with Crippen molar-refractivity contribution in [3.05, 3.63) is 58.9 Å². The molecule has 1 atom stereocenters. The van der Waals surface area contributed by atoms with E-state index in [0.29, 0.717) is 30.3 Å². The van der Waals surface area contributed by atoms with Crippen LogP contribution in [0.2, 0.25) is 5.02 Å². The Hall–Kier alpha value is -2.31. The Labute approximate surface area is 178 Å². The second kappa shape index (κ2) is 11.0. The van der Waals surface area contributed by atoms with Gasteiger partial charge in [0, 0.05) is 49.2 Å². The number of benzene rings is 1. The normalized spacial score (nSPS) is 11.9. The lowest BCUT2D eigenvalue weighted by Crippen LogP contribution is -2.47. The van der Waals surface area contributed by atoms with Crippen LogP contribution in [0.3, 0.4) is 0 Å². The fraction of sp³-hybridized carbons (Fsp3) is 0.455. The Morgan fingerprint density at radius 1 is 1.24 bits per heavy atom. The standard InChI is InChI=1S/C22H30ClN3O3/c1-5-17(2)26(22(28)18-8-6-9-19(23)14-18)16-21(27)25(12-13-29-4)15-20-10-7-11-24(20)3/h6-11,14,17H,5,12-13,15-16H2,1-4H3/t17-/m1/s1. The number of rotatable bonds is 10. The Morgan fingerprint density at radius 2 is 2.00 bits per heavy atom. The van der Waals surface area contributed by atoms with Gasteiger partial charge in [0.15, 0.2) is 0 Å². The number of aryl methyl sites for hydroxylation is 1. The van der Waals surface area contributed by atoms with Crippen LogP contribution in [-0.2, 0) is 23.1 Å². The molecule has 2 amide bonds. The van der Waals surface area contributed by atoms with E-state index >= 15 is 0 Å². The summed E-state index contributed by atoms with van der Waals surface area (Å²) in [6, 6.07) is 10.7. The molecule has 0 bridgehead atoms. The summed E-state index contributed by atoms with van der Waals surface area (Å²) in [6.07, 6.45) is 2.69. The number of methoxy groups -OCH3 is 1. The number of ether oxygens (including phenoxy) is 1. The summed E-state index contributed by atoms with van der Waals surface area (Å²) >= 11 is 6.05. The molecule has 1 aromatic carbocycles. The summed E-state index contributed by atoms with van der Waals surface area (Å²) in [5.41, 5.74) is 1.50. The van der Waals surface area contributed by atoms with E-state index in [0.717, 1.165) is 12.1 Å². The minimum absolute atomic E-state index is 0.00842. The third-order valence-corrected chi connectivity index (χ3v) is 5.32. The maximum atomic E-state index is 13.2. The smallest absolute Gasteiger partial charge is 0.254 e.